The number of pyridine rings is 2. The predicted octanol–water partition coefficient (Wildman–Crippen LogP) is 5.80. The second-order valence-electron chi connectivity index (χ2n) is 11.9. The number of rotatable bonds is 5. The summed E-state index contributed by atoms with van der Waals surface area (Å²) in [4.78, 5) is 36.9. The van der Waals surface area contributed by atoms with Gasteiger partial charge in [-0.25, -0.2) is 14.4 Å². The van der Waals surface area contributed by atoms with Crippen molar-refractivity contribution in [2.75, 3.05) is 31.6 Å². The maximum Gasteiger partial charge on any atom is 0.282 e. The molecule has 224 valence electrons. The molecular formula is C34H33FN6O3. The molecule has 44 heavy (non-hydrogen) atoms. The summed E-state index contributed by atoms with van der Waals surface area (Å²) >= 11 is 0. The minimum atomic E-state index is -0.556. The lowest BCUT2D eigenvalue weighted by Gasteiger charge is -2.26. The van der Waals surface area contributed by atoms with Gasteiger partial charge in [-0.1, -0.05) is 32.9 Å². The quantitative estimate of drug-likeness (QED) is 0.275. The second kappa shape index (κ2) is 11.6. The summed E-state index contributed by atoms with van der Waals surface area (Å²) in [6.45, 7) is 10.1. The molecule has 1 fully saturated rings. The summed E-state index contributed by atoms with van der Waals surface area (Å²) < 4.78 is 21.8. The van der Waals surface area contributed by atoms with Crippen LogP contribution in [0.5, 0.6) is 0 Å². The van der Waals surface area contributed by atoms with Crippen LogP contribution in [-0.4, -0.2) is 56.9 Å². The molecule has 9 nitrogen and oxygen atoms in total. The van der Waals surface area contributed by atoms with Crippen LogP contribution in [0.3, 0.4) is 0 Å². The molecule has 2 aromatic carbocycles. The number of aromatic nitrogens is 4. The number of halogens is 1. The Hall–Kier alpha value is -4.96. The Morgan fingerprint density at radius 3 is 2.50 bits per heavy atom. The molecule has 0 spiro atoms. The molecule has 1 aliphatic rings. The molecule has 0 bridgehead atoms. The van der Waals surface area contributed by atoms with E-state index in [0.717, 1.165) is 22.3 Å². The van der Waals surface area contributed by atoms with Crippen LogP contribution in [0.15, 0.2) is 78.0 Å². The zero-order chi connectivity index (χ0) is 31.0. The first-order valence-corrected chi connectivity index (χ1v) is 14.5. The largest absolute Gasteiger partial charge is 0.378 e. The smallest absolute Gasteiger partial charge is 0.282 e. The van der Waals surface area contributed by atoms with E-state index < -0.39 is 11.4 Å². The summed E-state index contributed by atoms with van der Waals surface area (Å²) in [7, 11) is 0. The monoisotopic (exact) mass is 592 g/mol. The third kappa shape index (κ3) is 5.68. The third-order valence-electron chi connectivity index (χ3n) is 7.87. The molecule has 1 aliphatic heterocycles. The molecule has 0 aliphatic carbocycles. The van der Waals surface area contributed by atoms with Gasteiger partial charge in [0.2, 0.25) is 0 Å². The Labute approximate surface area is 254 Å². The molecule has 0 saturated carbocycles. The Morgan fingerprint density at radius 2 is 1.77 bits per heavy atom. The molecule has 1 N–H and O–H groups in total. The number of ether oxygens (including phenoxy) is 1. The van der Waals surface area contributed by atoms with Crippen molar-refractivity contribution in [3.05, 3.63) is 106 Å². The molecule has 10 heteroatoms. The summed E-state index contributed by atoms with van der Waals surface area (Å²) in [6, 6.07) is 16.1. The maximum absolute atomic E-state index is 15.3. The molecule has 4 heterocycles. The van der Waals surface area contributed by atoms with Gasteiger partial charge >= 0.3 is 0 Å². The number of benzene rings is 2. The molecule has 0 radical (unpaired) electrons. The first-order valence-electron chi connectivity index (χ1n) is 14.5. The molecule has 5 aromatic rings. The van der Waals surface area contributed by atoms with Crippen LogP contribution >= 0.6 is 0 Å². The summed E-state index contributed by atoms with van der Waals surface area (Å²) in [5.74, 6) is 0.478. The van der Waals surface area contributed by atoms with Gasteiger partial charge in [0, 0.05) is 30.9 Å². The summed E-state index contributed by atoms with van der Waals surface area (Å²) in [5.41, 5.74) is 3.61. The number of nitrogens with zero attached hydrogens (tertiary/aromatic N) is 5. The van der Waals surface area contributed by atoms with Crippen LogP contribution in [0.25, 0.3) is 27.6 Å². The minimum Gasteiger partial charge on any atom is -0.378 e. The number of fused-ring (bicyclic) bond motifs is 1. The highest BCUT2D eigenvalue weighted by molar-refractivity contribution is 5.94. The first-order chi connectivity index (χ1) is 21.1. The summed E-state index contributed by atoms with van der Waals surface area (Å²) in [5, 5.41) is 8.12. The first kappa shape index (κ1) is 29.1. The molecule has 6 rings (SSSR count). The Morgan fingerprint density at radius 1 is 0.977 bits per heavy atom. The van der Waals surface area contributed by atoms with E-state index in [4.69, 9.17) is 4.74 Å². The standard InChI is InChI=1S/C34H33FN6O3/c1-21-26(6-5-7-28(21)41-33(43)31-24(20-38-41)16-25(18-27(31)35)34(2,3)4)22-10-11-36-30(17-22)39-29-9-8-23(19-37-29)32(42)40-12-14-44-15-13-40/h5-11,16-20H,12-15H2,1-4H3,(H,36,37,39). The van der Waals surface area contributed by atoms with E-state index in [2.05, 4.69) is 20.4 Å². The molecule has 0 unspecified atom stereocenters. The van der Waals surface area contributed by atoms with Gasteiger partial charge in [-0.15, -0.1) is 0 Å². The third-order valence-corrected chi connectivity index (χ3v) is 7.87. The fourth-order valence-corrected chi connectivity index (χ4v) is 5.34. The molecule has 1 amide bonds. The van der Waals surface area contributed by atoms with Crippen LogP contribution in [0, 0.1) is 12.7 Å². The fourth-order valence-electron chi connectivity index (χ4n) is 5.34. The maximum atomic E-state index is 15.3. The van der Waals surface area contributed by atoms with Crippen molar-refractivity contribution in [1.82, 2.24) is 24.6 Å². The van der Waals surface area contributed by atoms with E-state index in [1.54, 1.807) is 41.7 Å². The van der Waals surface area contributed by atoms with E-state index in [0.29, 0.717) is 54.6 Å². The SMILES string of the molecule is Cc1c(-c2ccnc(Nc3ccc(C(=O)N4CCOCC4)cn3)c2)cccc1-n1ncc2cc(C(C)(C)C)cc(F)c2c1=O. The highest BCUT2D eigenvalue weighted by atomic mass is 19.1. The Kier molecular flexibility index (Phi) is 7.69. The van der Waals surface area contributed by atoms with Crippen molar-refractivity contribution in [3.63, 3.8) is 0 Å². The van der Waals surface area contributed by atoms with Gasteiger partial charge in [0.15, 0.2) is 0 Å². The van der Waals surface area contributed by atoms with Crippen LogP contribution < -0.4 is 10.9 Å². The summed E-state index contributed by atoms with van der Waals surface area (Å²) in [6.07, 6.45) is 4.78. The van der Waals surface area contributed by atoms with E-state index >= 15 is 4.39 Å². The van der Waals surface area contributed by atoms with E-state index in [9.17, 15) is 9.59 Å². The number of amides is 1. The van der Waals surface area contributed by atoms with Crippen molar-refractivity contribution in [1.29, 1.82) is 0 Å². The van der Waals surface area contributed by atoms with Crippen LogP contribution in [0.2, 0.25) is 0 Å². The predicted molar refractivity (Wildman–Crippen MR) is 168 cm³/mol. The van der Waals surface area contributed by atoms with Gasteiger partial charge in [-0.3, -0.25) is 9.59 Å². The van der Waals surface area contributed by atoms with Gasteiger partial charge < -0.3 is 15.0 Å². The average Bonchev–Trinajstić information content (AvgIpc) is 3.01. The number of carbonyl (C=O) groups is 1. The van der Waals surface area contributed by atoms with Crippen molar-refractivity contribution >= 4 is 28.3 Å². The number of hydrogen-bond donors (Lipinski definition) is 1. The Bertz CT molecular complexity index is 1930. The number of hydrogen-bond acceptors (Lipinski definition) is 7. The second-order valence-corrected chi connectivity index (χ2v) is 11.9. The van der Waals surface area contributed by atoms with Gasteiger partial charge in [0.1, 0.15) is 17.5 Å². The molecule has 1 saturated heterocycles. The van der Waals surface area contributed by atoms with Crippen LogP contribution in [-0.2, 0) is 10.2 Å². The number of morpholine rings is 1. The van der Waals surface area contributed by atoms with Crippen molar-refractivity contribution in [2.45, 2.75) is 33.1 Å². The lowest BCUT2D eigenvalue weighted by atomic mass is 9.86. The highest BCUT2D eigenvalue weighted by Crippen LogP contribution is 2.30. The minimum absolute atomic E-state index is 0.0124. The van der Waals surface area contributed by atoms with Crippen molar-refractivity contribution in [2.24, 2.45) is 0 Å². The normalized spacial score (nSPS) is 13.7. The number of carbonyl (C=O) groups excluding carboxylic acids is 1. The van der Waals surface area contributed by atoms with E-state index in [1.165, 1.54) is 10.7 Å². The zero-order valence-corrected chi connectivity index (χ0v) is 25.1. The fraction of sp³-hybridized carbons (Fsp3) is 0.265. The lowest BCUT2D eigenvalue weighted by molar-refractivity contribution is 0.0302. The van der Waals surface area contributed by atoms with E-state index in [1.807, 2.05) is 58.0 Å². The Balaban J connectivity index is 1.28. The number of nitrogens with one attached hydrogen (secondary N) is 1. The topological polar surface area (TPSA) is 102 Å². The van der Waals surface area contributed by atoms with Crippen molar-refractivity contribution < 1.29 is 13.9 Å². The highest BCUT2D eigenvalue weighted by Gasteiger charge is 2.21. The van der Waals surface area contributed by atoms with Crippen molar-refractivity contribution in [3.8, 4) is 16.8 Å². The molecule has 0 atom stereocenters. The molecular weight excluding hydrogens is 559 g/mol. The van der Waals surface area contributed by atoms with Gasteiger partial charge in [0.05, 0.1) is 36.0 Å². The number of anilines is 2. The van der Waals surface area contributed by atoms with Crippen LogP contribution in [0.1, 0.15) is 42.3 Å². The lowest BCUT2D eigenvalue weighted by Crippen LogP contribution is -2.40. The van der Waals surface area contributed by atoms with Gasteiger partial charge in [-0.05, 0) is 77.1 Å². The van der Waals surface area contributed by atoms with Crippen LogP contribution in [0.4, 0.5) is 16.0 Å². The average molecular weight is 593 g/mol. The van der Waals surface area contributed by atoms with Gasteiger partial charge in [0.25, 0.3) is 11.5 Å². The van der Waals surface area contributed by atoms with E-state index in [-0.39, 0.29) is 16.7 Å². The zero-order valence-electron chi connectivity index (χ0n) is 25.1. The molecule has 3 aromatic heterocycles. The van der Waals surface area contributed by atoms with Gasteiger partial charge in [-0.2, -0.15) is 9.78 Å².